The van der Waals surface area contributed by atoms with Gasteiger partial charge in [0, 0.05) is 23.8 Å². The molecule has 2 N–H and O–H groups in total. The van der Waals surface area contributed by atoms with Gasteiger partial charge in [-0.3, -0.25) is 9.59 Å². The summed E-state index contributed by atoms with van der Waals surface area (Å²) < 4.78 is 1.58. The molecule has 1 saturated carbocycles. The van der Waals surface area contributed by atoms with Crippen molar-refractivity contribution >= 4 is 23.2 Å². The molecule has 1 aromatic carbocycles. The Morgan fingerprint density at radius 3 is 2.96 bits per heavy atom. The molecule has 0 unspecified atom stereocenters. The molecule has 4 rings (SSSR count). The van der Waals surface area contributed by atoms with Crippen molar-refractivity contribution in [2.75, 3.05) is 18.4 Å². The van der Waals surface area contributed by atoms with Crippen molar-refractivity contribution in [3.63, 3.8) is 0 Å². The molecule has 27 heavy (non-hydrogen) atoms. The highest BCUT2D eigenvalue weighted by atomic mass is 35.5. The number of pyridine rings is 1. The Morgan fingerprint density at radius 2 is 2.11 bits per heavy atom. The van der Waals surface area contributed by atoms with E-state index in [0.29, 0.717) is 23.2 Å². The fraction of sp³-hybridized carbons (Fsp3) is 0.429. The van der Waals surface area contributed by atoms with Crippen LogP contribution in [0.5, 0.6) is 0 Å². The van der Waals surface area contributed by atoms with Crippen LogP contribution < -0.4 is 16.2 Å². The minimum absolute atomic E-state index is 0.0696. The molecule has 1 aliphatic carbocycles. The molecular formula is C21H24ClN3O2. The quantitative estimate of drug-likeness (QED) is 0.849. The van der Waals surface area contributed by atoms with E-state index in [1.807, 2.05) is 24.3 Å². The van der Waals surface area contributed by atoms with Crippen molar-refractivity contribution in [3.05, 3.63) is 63.5 Å². The number of aromatic nitrogens is 1. The highest BCUT2D eigenvalue weighted by Gasteiger charge is 2.49. The monoisotopic (exact) mass is 385 g/mol. The number of hydrogen-bond donors (Lipinski definition) is 2. The zero-order valence-electron chi connectivity index (χ0n) is 15.2. The van der Waals surface area contributed by atoms with E-state index in [1.165, 1.54) is 12.5 Å². The number of benzene rings is 1. The van der Waals surface area contributed by atoms with Crippen molar-refractivity contribution in [2.45, 2.75) is 32.2 Å². The number of amides is 1. The van der Waals surface area contributed by atoms with Gasteiger partial charge in [0.05, 0.1) is 17.6 Å². The minimum atomic E-state index is -0.318. The SMILES string of the molecule is O=C(Nc1ccc(=O)n(Cc2ccccc2Cl)c1)[C@@]12CCCC[C@H]1CNC2. The van der Waals surface area contributed by atoms with Crippen LogP contribution in [0.1, 0.15) is 31.2 Å². The maximum atomic E-state index is 13.1. The molecule has 6 heteroatoms. The maximum Gasteiger partial charge on any atom is 0.250 e. The zero-order valence-corrected chi connectivity index (χ0v) is 16.0. The second kappa shape index (κ2) is 7.49. The lowest BCUT2D eigenvalue weighted by Crippen LogP contribution is -2.44. The van der Waals surface area contributed by atoms with Crippen molar-refractivity contribution in [1.29, 1.82) is 0 Å². The molecule has 1 aromatic heterocycles. The Morgan fingerprint density at radius 1 is 1.26 bits per heavy atom. The Bertz CT molecular complexity index is 910. The lowest BCUT2D eigenvalue weighted by molar-refractivity contribution is -0.128. The van der Waals surface area contributed by atoms with Gasteiger partial charge in [0.25, 0.3) is 5.56 Å². The van der Waals surface area contributed by atoms with Crippen LogP contribution in [-0.2, 0) is 11.3 Å². The zero-order chi connectivity index (χ0) is 18.9. The normalized spacial score (nSPS) is 24.4. The molecule has 2 atom stereocenters. The van der Waals surface area contributed by atoms with E-state index in [4.69, 9.17) is 11.6 Å². The number of nitrogens with zero attached hydrogens (tertiary/aromatic N) is 1. The number of halogens is 1. The van der Waals surface area contributed by atoms with Gasteiger partial charge in [-0.1, -0.05) is 42.6 Å². The van der Waals surface area contributed by atoms with E-state index in [9.17, 15) is 9.59 Å². The van der Waals surface area contributed by atoms with Crippen molar-refractivity contribution in [2.24, 2.45) is 11.3 Å². The van der Waals surface area contributed by atoms with Crippen LogP contribution >= 0.6 is 11.6 Å². The fourth-order valence-electron chi connectivity index (χ4n) is 4.48. The average molecular weight is 386 g/mol. The number of carbonyl (C=O) groups is 1. The summed E-state index contributed by atoms with van der Waals surface area (Å²) in [5, 5.41) is 7.10. The molecule has 2 aliphatic rings. The van der Waals surface area contributed by atoms with Gasteiger partial charge in [-0.05, 0) is 43.0 Å². The topological polar surface area (TPSA) is 63.1 Å². The average Bonchev–Trinajstić information content (AvgIpc) is 3.11. The largest absolute Gasteiger partial charge is 0.324 e. The van der Waals surface area contributed by atoms with E-state index >= 15 is 0 Å². The van der Waals surface area contributed by atoms with Gasteiger partial charge < -0.3 is 15.2 Å². The summed E-state index contributed by atoms with van der Waals surface area (Å²) in [6.45, 7) is 2.03. The highest BCUT2D eigenvalue weighted by molar-refractivity contribution is 6.31. The maximum absolute atomic E-state index is 13.1. The lowest BCUT2D eigenvalue weighted by Gasteiger charge is -2.37. The fourth-order valence-corrected chi connectivity index (χ4v) is 4.68. The van der Waals surface area contributed by atoms with E-state index in [0.717, 1.165) is 37.9 Å². The van der Waals surface area contributed by atoms with Gasteiger partial charge in [-0.25, -0.2) is 0 Å². The Hall–Kier alpha value is -2.11. The molecule has 1 aliphatic heterocycles. The van der Waals surface area contributed by atoms with Gasteiger partial charge in [-0.15, -0.1) is 0 Å². The standard InChI is InChI=1S/C21H24ClN3O2/c22-18-7-2-1-5-15(18)12-25-13-17(8-9-19(25)26)24-20(27)21-10-4-3-6-16(21)11-23-14-21/h1-2,5,7-9,13,16,23H,3-4,6,10-12,14H2,(H,24,27)/t16-,21+/m0/s1. The second-order valence-corrected chi connectivity index (χ2v) is 8.07. The van der Waals surface area contributed by atoms with Crippen LogP contribution in [0.15, 0.2) is 47.4 Å². The smallest absolute Gasteiger partial charge is 0.250 e. The first-order valence-electron chi connectivity index (χ1n) is 9.54. The van der Waals surface area contributed by atoms with Gasteiger partial charge >= 0.3 is 0 Å². The van der Waals surface area contributed by atoms with Gasteiger partial charge in [-0.2, -0.15) is 0 Å². The molecule has 2 aromatic rings. The molecular weight excluding hydrogens is 362 g/mol. The summed E-state index contributed by atoms with van der Waals surface area (Å²) in [7, 11) is 0. The Kier molecular flexibility index (Phi) is 5.06. The molecule has 1 saturated heterocycles. The predicted octanol–water partition coefficient (Wildman–Crippen LogP) is 3.27. The van der Waals surface area contributed by atoms with Gasteiger partial charge in [0.15, 0.2) is 0 Å². The van der Waals surface area contributed by atoms with Gasteiger partial charge in [0.2, 0.25) is 5.91 Å². The van der Waals surface area contributed by atoms with Crippen LogP contribution in [0, 0.1) is 11.3 Å². The minimum Gasteiger partial charge on any atom is -0.324 e. The Balaban J connectivity index is 1.55. The van der Waals surface area contributed by atoms with Crippen LogP contribution in [0.3, 0.4) is 0 Å². The second-order valence-electron chi connectivity index (χ2n) is 7.66. The van der Waals surface area contributed by atoms with E-state index in [1.54, 1.807) is 16.8 Å². The van der Waals surface area contributed by atoms with Crippen LogP contribution in [0.4, 0.5) is 5.69 Å². The summed E-state index contributed by atoms with van der Waals surface area (Å²) in [5.74, 6) is 0.473. The number of anilines is 1. The first-order chi connectivity index (χ1) is 13.1. The van der Waals surface area contributed by atoms with Gasteiger partial charge in [0.1, 0.15) is 0 Å². The summed E-state index contributed by atoms with van der Waals surface area (Å²) in [6, 6.07) is 10.6. The predicted molar refractivity (Wildman–Crippen MR) is 107 cm³/mol. The van der Waals surface area contributed by atoms with Crippen molar-refractivity contribution in [3.8, 4) is 0 Å². The molecule has 5 nitrogen and oxygen atoms in total. The third-order valence-electron chi connectivity index (χ3n) is 6.03. The first kappa shape index (κ1) is 18.3. The number of fused-ring (bicyclic) bond motifs is 1. The number of carbonyl (C=O) groups excluding carboxylic acids is 1. The summed E-state index contributed by atoms with van der Waals surface area (Å²) in [5.41, 5.74) is 1.08. The van der Waals surface area contributed by atoms with Crippen molar-refractivity contribution in [1.82, 2.24) is 9.88 Å². The van der Waals surface area contributed by atoms with Crippen LogP contribution in [-0.4, -0.2) is 23.6 Å². The van der Waals surface area contributed by atoms with Crippen LogP contribution in [0.25, 0.3) is 0 Å². The summed E-state index contributed by atoms with van der Waals surface area (Å²) in [4.78, 5) is 25.4. The molecule has 2 heterocycles. The first-order valence-corrected chi connectivity index (χ1v) is 9.92. The molecule has 0 spiro atoms. The third-order valence-corrected chi connectivity index (χ3v) is 6.40. The van der Waals surface area contributed by atoms with Crippen molar-refractivity contribution < 1.29 is 4.79 Å². The van der Waals surface area contributed by atoms with E-state index in [-0.39, 0.29) is 16.9 Å². The lowest BCUT2D eigenvalue weighted by atomic mass is 9.67. The summed E-state index contributed by atoms with van der Waals surface area (Å²) in [6.07, 6.45) is 6.03. The molecule has 0 bridgehead atoms. The molecule has 0 radical (unpaired) electrons. The number of hydrogen-bond acceptors (Lipinski definition) is 3. The molecule has 142 valence electrons. The Labute approximate surface area is 163 Å². The van der Waals surface area contributed by atoms with E-state index < -0.39 is 0 Å². The molecule has 2 fully saturated rings. The highest BCUT2D eigenvalue weighted by Crippen LogP contribution is 2.44. The number of nitrogens with one attached hydrogen (secondary N) is 2. The van der Waals surface area contributed by atoms with Crippen LogP contribution in [0.2, 0.25) is 5.02 Å². The summed E-state index contributed by atoms with van der Waals surface area (Å²) >= 11 is 6.22. The third kappa shape index (κ3) is 3.54. The number of rotatable bonds is 4. The molecule has 1 amide bonds. The van der Waals surface area contributed by atoms with E-state index in [2.05, 4.69) is 10.6 Å².